The maximum Gasteiger partial charge on any atom is 0.313 e. The van der Waals surface area contributed by atoms with Crippen LogP contribution in [0.5, 0.6) is 0 Å². The lowest BCUT2D eigenvalue weighted by Gasteiger charge is -2.17. The summed E-state index contributed by atoms with van der Waals surface area (Å²) in [5.41, 5.74) is 3.31. The van der Waals surface area contributed by atoms with Crippen LogP contribution in [0.1, 0.15) is 37.8 Å². The molecule has 112 valence electrons. The number of aliphatic carboxylic acids is 1. The number of carbonyl (C=O) groups is 1. The van der Waals surface area contributed by atoms with Crippen LogP contribution < -0.4 is 0 Å². The molecule has 1 fully saturated rings. The summed E-state index contributed by atoms with van der Waals surface area (Å²) in [5.74, 6) is 0.0855. The number of hydrogen-bond donors (Lipinski definition) is 1. The summed E-state index contributed by atoms with van der Waals surface area (Å²) in [7, 11) is 0. The van der Waals surface area contributed by atoms with E-state index < -0.39 is 5.97 Å². The van der Waals surface area contributed by atoms with E-state index in [0.29, 0.717) is 6.04 Å². The average Bonchev–Trinajstić information content (AvgIpc) is 3.14. The topological polar surface area (TPSA) is 55.1 Å². The fourth-order valence-corrected chi connectivity index (χ4v) is 3.70. The van der Waals surface area contributed by atoms with Crippen LogP contribution in [-0.2, 0) is 4.79 Å². The lowest BCUT2D eigenvalue weighted by atomic mass is 10.1. The number of carboxylic acids is 1. The number of carboxylic acid groups (broad SMARTS) is 1. The minimum absolute atomic E-state index is 0.0541. The normalized spacial score (nSPS) is 16.3. The highest BCUT2D eigenvalue weighted by molar-refractivity contribution is 7.99. The van der Waals surface area contributed by atoms with Crippen molar-refractivity contribution in [3.63, 3.8) is 0 Å². The minimum atomic E-state index is -0.801. The van der Waals surface area contributed by atoms with Gasteiger partial charge in [0.15, 0.2) is 5.16 Å². The number of fused-ring (bicyclic) bond motifs is 1. The number of rotatable bonds is 6. The molecule has 5 heteroatoms. The number of thioether (sulfide) groups is 1. The van der Waals surface area contributed by atoms with Crippen molar-refractivity contribution in [3.05, 3.63) is 23.8 Å². The lowest BCUT2D eigenvalue weighted by molar-refractivity contribution is -0.133. The van der Waals surface area contributed by atoms with Gasteiger partial charge in [-0.3, -0.25) is 4.79 Å². The van der Waals surface area contributed by atoms with Crippen LogP contribution in [0.4, 0.5) is 0 Å². The van der Waals surface area contributed by atoms with Crippen LogP contribution in [0, 0.1) is 12.8 Å². The highest BCUT2D eigenvalue weighted by Crippen LogP contribution is 2.39. The van der Waals surface area contributed by atoms with E-state index in [2.05, 4.69) is 29.5 Å². The maximum absolute atomic E-state index is 10.9. The van der Waals surface area contributed by atoms with Crippen molar-refractivity contribution in [2.45, 2.75) is 44.3 Å². The first-order chi connectivity index (χ1) is 10.1. The highest BCUT2D eigenvalue weighted by atomic mass is 32.2. The van der Waals surface area contributed by atoms with Gasteiger partial charge in [-0.05, 0) is 37.8 Å². The third-order valence-corrected chi connectivity index (χ3v) is 4.95. The van der Waals surface area contributed by atoms with Crippen LogP contribution in [0.25, 0.3) is 11.0 Å². The van der Waals surface area contributed by atoms with Crippen LogP contribution in [0.2, 0.25) is 0 Å². The first-order valence-corrected chi connectivity index (χ1v) is 8.37. The van der Waals surface area contributed by atoms with Crippen molar-refractivity contribution < 1.29 is 9.90 Å². The second-order valence-electron chi connectivity index (χ2n) is 5.92. The summed E-state index contributed by atoms with van der Waals surface area (Å²) in [6.07, 6.45) is 3.81. The molecule has 1 aliphatic carbocycles. The molecule has 1 unspecified atom stereocenters. The SMILES string of the molecule is Cc1cccc2nc(SCC(=O)O)n(C(C)CC3CC3)c12. The van der Waals surface area contributed by atoms with E-state index in [1.807, 2.05) is 12.1 Å². The molecule has 1 aromatic heterocycles. The molecule has 21 heavy (non-hydrogen) atoms. The Morgan fingerprint density at radius 2 is 2.29 bits per heavy atom. The van der Waals surface area contributed by atoms with Gasteiger partial charge in [-0.15, -0.1) is 0 Å². The van der Waals surface area contributed by atoms with Gasteiger partial charge in [0.1, 0.15) is 0 Å². The van der Waals surface area contributed by atoms with Crippen LogP contribution in [0.3, 0.4) is 0 Å². The number of imidazole rings is 1. The number of benzene rings is 1. The number of hydrogen-bond acceptors (Lipinski definition) is 3. The minimum Gasteiger partial charge on any atom is -0.481 e. The molecule has 2 aromatic rings. The van der Waals surface area contributed by atoms with E-state index in [1.54, 1.807) is 0 Å². The molecule has 0 saturated heterocycles. The highest BCUT2D eigenvalue weighted by Gasteiger charge is 2.26. The van der Waals surface area contributed by atoms with Gasteiger partial charge in [0, 0.05) is 6.04 Å². The van der Waals surface area contributed by atoms with Crippen molar-refractivity contribution in [2.24, 2.45) is 5.92 Å². The summed E-state index contributed by atoms with van der Waals surface area (Å²) in [6, 6.07) is 6.47. The van der Waals surface area contributed by atoms with Crippen LogP contribution in [0.15, 0.2) is 23.4 Å². The number of para-hydroxylation sites is 1. The molecule has 1 saturated carbocycles. The monoisotopic (exact) mass is 304 g/mol. The van der Waals surface area contributed by atoms with Gasteiger partial charge < -0.3 is 9.67 Å². The lowest BCUT2D eigenvalue weighted by Crippen LogP contribution is -2.09. The number of aromatic nitrogens is 2. The van der Waals surface area contributed by atoms with E-state index in [1.165, 1.54) is 30.2 Å². The summed E-state index contributed by atoms with van der Waals surface area (Å²) in [5, 5.41) is 9.76. The second kappa shape index (κ2) is 5.72. The van der Waals surface area contributed by atoms with Crippen molar-refractivity contribution in [2.75, 3.05) is 5.75 Å². The zero-order valence-electron chi connectivity index (χ0n) is 12.4. The summed E-state index contributed by atoms with van der Waals surface area (Å²) in [4.78, 5) is 15.5. The molecule has 0 amide bonds. The summed E-state index contributed by atoms with van der Waals surface area (Å²) < 4.78 is 2.25. The van der Waals surface area contributed by atoms with Crippen LogP contribution in [-0.4, -0.2) is 26.4 Å². The quantitative estimate of drug-likeness (QED) is 0.823. The third kappa shape index (κ3) is 3.07. The van der Waals surface area contributed by atoms with Crippen molar-refractivity contribution in [3.8, 4) is 0 Å². The molecule has 0 radical (unpaired) electrons. The Kier molecular flexibility index (Phi) is 3.93. The van der Waals surface area contributed by atoms with E-state index in [-0.39, 0.29) is 5.75 Å². The maximum atomic E-state index is 10.9. The molecule has 0 aliphatic heterocycles. The van der Waals surface area contributed by atoms with Gasteiger partial charge in [0.2, 0.25) is 0 Å². The molecule has 1 aromatic carbocycles. The van der Waals surface area contributed by atoms with Crippen molar-refractivity contribution in [1.29, 1.82) is 0 Å². The molecule has 4 nitrogen and oxygen atoms in total. The second-order valence-corrected chi connectivity index (χ2v) is 6.86. The van der Waals surface area contributed by atoms with E-state index in [4.69, 9.17) is 5.11 Å². The Bertz CT molecular complexity index is 676. The van der Waals surface area contributed by atoms with Gasteiger partial charge >= 0.3 is 5.97 Å². The standard InChI is InChI=1S/C16H20N2O2S/c1-10-4-3-5-13-15(10)18(11(2)8-12-6-7-12)16(17-13)21-9-14(19)20/h3-5,11-12H,6-9H2,1-2H3,(H,19,20). The van der Waals surface area contributed by atoms with Gasteiger partial charge in [-0.2, -0.15) is 0 Å². The summed E-state index contributed by atoms with van der Waals surface area (Å²) in [6.45, 7) is 4.31. The van der Waals surface area contributed by atoms with Gasteiger partial charge in [-0.25, -0.2) is 4.98 Å². The Morgan fingerprint density at radius 1 is 1.52 bits per heavy atom. The Hall–Kier alpha value is -1.49. The Balaban J connectivity index is 2.02. The molecule has 3 rings (SSSR count). The molecule has 1 heterocycles. The fraction of sp³-hybridized carbons (Fsp3) is 0.500. The van der Waals surface area contributed by atoms with E-state index in [0.717, 1.165) is 28.5 Å². The molecule has 0 bridgehead atoms. The zero-order chi connectivity index (χ0) is 15.0. The smallest absolute Gasteiger partial charge is 0.313 e. The van der Waals surface area contributed by atoms with E-state index >= 15 is 0 Å². The number of nitrogens with zero attached hydrogens (tertiary/aromatic N) is 2. The predicted molar refractivity (Wildman–Crippen MR) is 84.9 cm³/mol. The average molecular weight is 304 g/mol. The summed E-state index contributed by atoms with van der Waals surface area (Å²) >= 11 is 1.32. The molecule has 1 atom stereocenters. The third-order valence-electron chi connectivity index (χ3n) is 4.02. The van der Waals surface area contributed by atoms with Gasteiger partial charge in [-0.1, -0.05) is 36.7 Å². The first kappa shape index (κ1) is 14.4. The fourth-order valence-electron chi connectivity index (χ4n) is 2.88. The first-order valence-electron chi connectivity index (χ1n) is 7.38. The Labute approximate surface area is 128 Å². The van der Waals surface area contributed by atoms with Crippen molar-refractivity contribution in [1.82, 2.24) is 9.55 Å². The van der Waals surface area contributed by atoms with Gasteiger partial charge in [0.05, 0.1) is 16.8 Å². The molecule has 1 aliphatic rings. The molecular formula is C16H20N2O2S. The van der Waals surface area contributed by atoms with Crippen LogP contribution >= 0.6 is 11.8 Å². The van der Waals surface area contributed by atoms with E-state index in [9.17, 15) is 4.79 Å². The Morgan fingerprint density at radius 3 is 2.95 bits per heavy atom. The largest absolute Gasteiger partial charge is 0.481 e. The van der Waals surface area contributed by atoms with Crippen molar-refractivity contribution >= 4 is 28.8 Å². The zero-order valence-corrected chi connectivity index (χ0v) is 13.2. The van der Waals surface area contributed by atoms with Gasteiger partial charge in [0.25, 0.3) is 0 Å². The molecule has 1 N–H and O–H groups in total. The number of aryl methyl sites for hydroxylation is 1. The molecule has 0 spiro atoms. The molecular weight excluding hydrogens is 284 g/mol. The predicted octanol–water partition coefficient (Wildman–Crippen LogP) is 3.88.